The molecule has 3 aromatic rings. The quantitative estimate of drug-likeness (QED) is 0.178. The van der Waals surface area contributed by atoms with Crippen LogP contribution >= 0.6 is 0 Å². The Bertz CT molecular complexity index is 2500. The summed E-state index contributed by atoms with van der Waals surface area (Å²) in [4.78, 5) is 2.65. The van der Waals surface area contributed by atoms with Gasteiger partial charge in [0.2, 0.25) is 0 Å². The van der Waals surface area contributed by atoms with Crippen molar-refractivity contribution in [3.05, 3.63) is 194 Å². The number of fused-ring (bicyclic) bond motifs is 4. The van der Waals surface area contributed by atoms with Crippen molar-refractivity contribution in [2.75, 3.05) is 11.4 Å². The minimum atomic E-state index is -0.0505. The van der Waals surface area contributed by atoms with Gasteiger partial charge in [-0.2, -0.15) is 0 Å². The highest BCUT2D eigenvalue weighted by Crippen LogP contribution is 2.49. The lowest BCUT2D eigenvalue weighted by atomic mass is 9.79. The minimum absolute atomic E-state index is 0.0505. The number of allylic oxidation sites excluding steroid dienone is 18. The molecule has 0 fully saturated rings. The van der Waals surface area contributed by atoms with Crippen LogP contribution in [0.1, 0.15) is 118 Å². The summed E-state index contributed by atoms with van der Waals surface area (Å²) >= 11 is 0. The summed E-state index contributed by atoms with van der Waals surface area (Å²) in [5.74, 6) is 3.14. The molecule has 1 nitrogen and oxygen atoms in total. The number of nitrogens with zero attached hydrogens (tertiary/aromatic N) is 1. The summed E-state index contributed by atoms with van der Waals surface area (Å²) in [6.07, 6.45) is 45.0. The highest BCUT2D eigenvalue weighted by atomic mass is 15.1. The second-order valence-corrected chi connectivity index (χ2v) is 17.9. The summed E-state index contributed by atoms with van der Waals surface area (Å²) in [5, 5.41) is 0. The fourth-order valence-electron chi connectivity index (χ4n) is 10.3. The molecule has 0 radical (unpaired) electrons. The lowest BCUT2D eigenvalue weighted by Crippen LogP contribution is -2.25. The van der Waals surface area contributed by atoms with Gasteiger partial charge in [-0.1, -0.05) is 142 Å². The molecule has 0 aromatic heterocycles. The molecule has 0 spiro atoms. The molecule has 3 aromatic carbocycles. The topological polar surface area (TPSA) is 3.24 Å². The zero-order valence-electron chi connectivity index (χ0n) is 36.3. The van der Waals surface area contributed by atoms with Gasteiger partial charge in [0.05, 0.1) is 0 Å². The smallest absolute Gasteiger partial charge is 0.0485 e. The van der Waals surface area contributed by atoms with Gasteiger partial charge in [-0.3, -0.25) is 0 Å². The molecular weight excluding hydrogens is 711 g/mol. The maximum atomic E-state index is 5.58. The molecule has 1 heteroatoms. The maximum absolute atomic E-state index is 5.58. The Morgan fingerprint density at radius 2 is 1.73 bits per heavy atom. The van der Waals surface area contributed by atoms with Gasteiger partial charge in [0.1, 0.15) is 0 Å². The van der Waals surface area contributed by atoms with Crippen molar-refractivity contribution in [1.29, 1.82) is 0 Å². The van der Waals surface area contributed by atoms with E-state index in [2.05, 4.69) is 168 Å². The molecule has 0 saturated heterocycles. The van der Waals surface area contributed by atoms with Crippen LogP contribution in [-0.4, -0.2) is 6.54 Å². The van der Waals surface area contributed by atoms with Crippen molar-refractivity contribution >= 4 is 16.8 Å². The first-order valence-corrected chi connectivity index (χ1v) is 22.1. The number of rotatable bonds is 6. The van der Waals surface area contributed by atoms with E-state index >= 15 is 0 Å². The number of anilines is 1. The van der Waals surface area contributed by atoms with E-state index in [9.17, 15) is 0 Å². The monoisotopic (exact) mass is 771 g/mol. The van der Waals surface area contributed by atoms with Crippen molar-refractivity contribution in [3.63, 3.8) is 0 Å². The third-order valence-corrected chi connectivity index (χ3v) is 13.6. The largest absolute Gasteiger partial charge is 0.337 e. The van der Waals surface area contributed by atoms with E-state index in [0.717, 1.165) is 57.9 Å². The first-order valence-electron chi connectivity index (χ1n) is 22.1. The first kappa shape index (κ1) is 40.2. The second kappa shape index (κ2) is 17.3. The second-order valence-electron chi connectivity index (χ2n) is 17.9. The number of hydrogen-bond donors (Lipinski definition) is 0. The van der Waals surface area contributed by atoms with E-state index in [1.54, 1.807) is 17.2 Å². The lowest BCUT2D eigenvalue weighted by Gasteiger charge is -2.32. The molecule has 0 saturated carbocycles. The Morgan fingerprint density at radius 1 is 0.915 bits per heavy atom. The molecular formula is C58H61N. The SMILES string of the molecule is C#C\C=C/C=C1/C=C/C=C(N(CC=C2/C(=C\C)Cc3c2cc2c(c3-c3ccccc3)C(C)CC/C=C\CC2)c2c(C)ccc3c2CC2=C3CCC=C2)\C=C(/C)C(C)(C)C1. The van der Waals surface area contributed by atoms with Gasteiger partial charge in [-0.25, -0.2) is 0 Å². The van der Waals surface area contributed by atoms with E-state index in [1.807, 2.05) is 6.08 Å². The van der Waals surface area contributed by atoms with Crippen molar-refractivity contribution in [2.45, 2.75) is 105 Å². The first-order chi connectivity index (χ1) is 28.7. The molecule has 0 bridgehead atoms. The van der Waals surface area contributed by atoms with Crippen LogP contribution in [0.15, 0.2) is 156 Å². The van der Waals surface area contributed by atoms with Crippen LogP contribution in [0.5, 0.6) is 0 Å². The van der Waals surface area contributed by atoms with Crippen LogP contribution in [0, 0.1) is 24.7 Å². The predicted octanol–water partition coefficient (Wildman–Crippen LogP) is 15.0. The summed E-state index contributed by atoms with van der Waals surface area (Å²) in [6, 6.07) is 18.6. The van der Waals surface area contributed by atoms with Crippen molar-refractivity contribution < 1.29 is 0 Å². The molecule has 5 aliphatic rings. The number of hydrogen-bond acceptors (Lipinski definition) is 1. The number of aryl methyl sites for hydroxylation is 2. The maximum Gasteiger partial charge on any atom is 0.0485 e. The average molecular weight is 772 g/mol. The Morgan fingerprint density at radius 3 is 2.54 bits per heavy atom. The van der Waals surface area contributed by atoms with Crippen LogP contribution in [0.4, 0.5) is 5.69 Å². The lowest BCUT2D eigenvalue weighted by molar-refractivity contribution is 0.445. The van der Waals surface area contributed by atoms with E-state index in [4.69, 9.17) is 6.42 Å². The number of terminal acetylenes is 1. The molecule has 0 heterocycles. The third kappa shape index (κ3) is 8.08. The van der Waals surface area contributed by atoms with Crippen LogP contribution in [-0.2, 0) is 19.3 Å². The summed E-state index contributed by atoms with van der Waals surface area (Å²) in [7, 11) is 0. The summed E-state index contributed by atoms with van der Waals surface area (Å²) in [5.41, 5.74) is 24.1. The Kier molecular flexibility index (Phi) is 11.8. The third-order valence-electron chi connectivity index (χ3n) is 13.6. The van der Waals surface area contributed by atoms with E-state index in [-0.39, 0.29) is 5.41 Å². The van der Waals surface area contributed by atoms with E-state index in [0.29, 0.717) is 5.92 Å². The average Bonchev–Trinajstić information content (AvgIpc) is 3.82. The molecule has 0 amide bonds. The molecule has 1 atom stereocenters. The van der Waals surface area contributed by atoms with Gasteiger partial charge in [0, 0.05) is 24.4 Å². The van der Waals surface area contributed by atoms with E-state index in [1.165, 1.54) is 90.2 Å². The highest BCUT2D eigenvalue weighted by molar-refractivity contribution is 5.93. The van der Waals surface area contributed by atoms with Gasteiger partial charge in [-0.05, 0) is 180 Å². The summed E-state index contributed by atoms with van der Waals surface area (Å²) in [6.45, 7) is 14.8. The van der Waals surface area contributed by atoms with Crippen LogP contribution < -0.4 is 4.90 Å². The van der Waals surface area contributed by atoms with Gasteiger partial charge in [-0.15, -0.1) is 6.42 Å². The zero-order chi connectivity index (χ0) is 41.1. The minimum Gasteiger partial charge on any atom is -0.337 e. The van der Waals surface area contributed by atoms with Crippen LogP contribution in [0.3, 0.4) is 0 Å². The summed E-state index contributed by atoms with van der Waals surface area (Å²) < 4.78 is 0. The van der Waals surface area contributed by atoms with Crippen molar-refractivity contribution in [3.8, 4) is 23.5 Å². The van der Waals surface area contributed by atoms with E-state index < -0.39 is 0 Å². The number of benzene rings is 3. The zero-order valence-corrected chi connectivity index (χ0v) is 36.3. The van der Waals surface area contributed by atoms with Gasteiger partial charge >= 0.3 is 0 Å². The molecule has 8 rings (SSSR count). The van der Waals surface area contributed by atoms with Crippen molar-refractivity contribution in [2.24, 2.45) is 5.41 Å². The Hall–Kier alpha value is -5.58. The molecule has 1 unspecified atom stereocenters. The Balaban J connectivity index is 1.32. The fourth-order valence-corrected chi connectivity index (χ4v) is 10.3. The van der Waals surface area contributed by atoms with Gasteiger partial charge in [0.25, 0.3) is 0 Å². The molecule has 5 aliphatic carbocycles. The fraction of sp³-hybridized carbons (Fsp3) is 0.310. The van der Waals surface area contributed by atoms with Gasteiger partial charge in [0.15, 0.2) is 0 Å². The molecule has 59 heavy (non-hydrogen) atoms. The van der Waals surface area contributed by atoms with Crippen LogP contribution in [0.25, 0.3) is 22.3 Å². The molecule has 0 N–H and O–H groups in total. The van der Waals surface area contributed by atoms with Gasteiger partial charge < -0.3 is 4.90 Å². The normalized spacial score (nSPS) is 24.6. The standard InChI is InChI=1S/C58H61N/c1-8-10-14-23-43-24-21-29-48(35-42(5)58(6,7)39-43)59(57-41(4)31-32-51-49-30-20-19-27-46(49)37-54(51)57)34-33-50-44(9-2)36-53-52(50)38-47-28-16-12-11-15-22-40(3)55(47)56(53)45-25-17-13-18-26-45/h1,9-14,17-19,21,23-27,29,31-33,35,38,40H,15-16,20,22,28,30,34,36-37,39H2,2-7H3/b12-11-,14-10-,24-21+,42-35+,43-23-,44-9-,48-29+,50-33?. The predicted molar refractivity (Wildman–Crippen MR) is 255 cm³/mol. The Labute approximate surface area is 355 Å². The van der Waals surface area contributed by atoms with Crippen LogP contribution in [0.2, 0.25) is 0 Å². The highest BCUT2D eigenvalue weighted by Gasteiger charge is 2.32. The molecule has 0 aliphatic heterocycles. The van der Waals surface area contributed by atoms with Crippen molar-refractivity contribution in [1.82, 2.24) is 0 Å². The molecule has 298 valence electrons.